The lowest BCUT2D eigenvalue weighted by molar-refractivity contribution is -0.135. The summed E-state index contributed by atoms with van der Waals surface area (Å²) in [7, 11) is 1.47. The van der Waals surface area contributed by atoms with Gasteiger partial charge in [0.15, 0.2) is 0 Å². The van der Waals surface area contributed by atoms with Gasteiger partial charge in [-0.3, -0.25) is 9.59 Å². The Labute approximate surface area is 145 Å². The molecule has 0 unspecified atom stereocenters. The topological polar surface area (TPSA) is 85.7 Å². The predicted molar refractivity (Wildman–Crippen MR) is 90.9 cm³/mol. The normalized spacial score (nSPS) is 14.7. The summed E-state index contributed by atoms with van der Waals surface area (Å²) in [6, 6.07) is 7.63. The number of ether oxygens (including phenoxy) is 2. The van der Waals surface area contributed by atoms with Crippen LogP contribution in [-0.2, 0) is 32.2 Å². The third-order valence-electron chi connectivity index (χ3n) is 4.11. The van der Waals surface area contributed by atoms with Gasteiger partial charge in [-0.1, -0.05) is 12.1 Å². The number of carbonyl (C=O) groups is 2. The van der Waals surface area contributed by atoms with Gasteiger partial charge in [-0.2, -0.15) is 0 Å². The van der Waals surface area contributed by atoms with Crippen molar-refractivity contribution in [1.82, 2.24) is 19.8 Å². The van der Waals surface area contributed by atoms with Crippen LogP contribution in [0.1, 0.15) is 5.82 Å². The predicted octanol–water partition coefficient (Wildman–Crippen LogP) is 0.158. The quantitative estimate of drug-likeness (QED) is 0.805. The van der Waals surface area contributed by atoms with E-state index in [0.717, 1.165) is 11.0 Å². The number of hydrogen-bond acceptors (Lipinski definition) is 5. The molecule has 2 amide bonds. The second kappa shape index (κ2) is 8.09. The van der Waals surface area contributed by atoms with E-state index in [1.54, 1.807) is 4.90 Å². The lowest BCUT2D eigenvalue weighted by Crippen LogP contribution is -2.42. The summed E-state index contributed by atoms with van der Waals surface area (Å²) in [4.78, 5) is 30.6. The molecule has 1 aromatic heterocycles. The summed E-state index contributed by atoms with van der Waals surface area (Å²) in [6.07, 6.45) is 0. The Morgan fingerprint density at radius 1 is 1.28 bits per heavy atom. The van der Waals surface area contributed by atoms with Gasteiger partial charge in [0.25, 0.3) is 0 Å². The molecule has 0 saturated carbocycles. The van der Waals surface area contributed by atoms with Crippen LogP contribution in [0.25, 0.3) is 11.0 Å². The van der Waals surface area contributed by atoms with Crippen LogP contribution in [0.4, 0.5) is 0 Å². The fourth-order valence-corrected chi connectivity index (χ4v) is 2.84. The number of methoxy groups -OCH3 is 1. The number of nitrogens with zero attached hydrogens (tertiary/aromatic N) is 3. The summed E-state index contributed by atoms with van der Waals surface area (Å²) in [5.74, 6) is 0.448. The number of hydrogen-bond donors (Lipinski definition) is 1. The van der Waals surface area contributed by atoms with Crippen molar-refractivity contribution in [1.29, 1.82) is 0 Å². The van der Waals surface area contributed by atoms with E-state index >= 15 is 0 Å². The smallest absolute Gasteiger partial charge is 0.246 e. The molecule has 1 fully saturated rings. The Bertz CT molecular complexity index is 752. The largest absolute Gasteiger partial charge is 0.378 e. The van der Waals surface area contributed by atoms with Crippen molar-refractivity contribution < 1.29 is 19.1 Å². The molecule has 0 bridgehead atoms. The highest BCUT2D eigenvalue weighted by Crippen LogP contribution is 2.16. The second-order valence-electron chi connectivity index (χ2n) is 5.81. The average Bonchev–Trinajstić information content (AvgIpc) is 2.99. The van der Waals surface area contributed by atoms with E-state index in [1.807, 2.05) is 28.8 Å². The SMILES string of the molecule is COCC(=O)NCc1nc2ccccc2n1CC(=O)N1CCOCC1. The highest BCUT2D eigenvalue weighted by Gasteiger charge is 2.20. The Balaban J connectivity index is 1.80. The van der Waals surface area contributed by atoms with Crippen LogP contribution >= 0.6 is 0 Å². The fourth-order valence-electron chi connectivity index (χ4n) is 2.84. The van der Waals surface area contributed by atoms with E-state index in [9.17, 15) is 9.59 Å². The molecule has 1 aliphatic heterocycles. The number of fused-ring (bicyclic) bond motifs is 1. The molecule has 8 nitrogen and oxygen atoms in total. The minimum atomic E-state index is -0.222. The van der Waals surface area contributed by atoms with Crippen LogP contribution in [0.3, 0.4) is 0 Å². The molecule has 1 aromatic carbocycles. The molecule has 0 atom stereocenters. The van der Waals surface area contributed by atoms with Crippen molar-refractivity contribution in [3.8, 4) is 0 Å². The molecule has 1 aliphatic rings. The maximum Gasteiger partial charge on any atom is 0.246 e. The van der Waals surface area contributed by atoms with Crippen molar-refractivity contribution in [2.45, 2.75) is 13.1 Å². The highest BCUT2D eigenvalue weighted by atomic mass is 16.5. The van der Waals surface area contributed by atoms with Crippen molar-refractivity contribution in [2.24, 2.45) is 0 Å². The first-order valence-corrected chi connectivity index (χ1v) is 8.24. The number of morpholine rings is 1. The van der Waals surface area contributed by atoms with E-state index in [-0.39, 0.29) is 31.5 Å². The van der Waals surface area contributed by atoms with Gasteiger partial charge < -0.3 is 24.3 Å². The first kappa shape index (κ1) is 17.4. The van der Waals surface area contributed by atoms with Crippen LogP contribution < -0.4 is 5.32 Å². The maximum absolute atomic E-state index is 12.6. The zero-order valence-electron chi connectivity index (χ0n) is 14.2. The molecule has 0 spiro atoms. The highest BCUT2D eigenvalue weighted by molar-refractivity contribution is 5.81. The molecule has 2 heterocycles. The van der Waals surface area contributed by atoms with Crippen LogP contribution in [0.2, 0.25) is 0 Å². The minimum absolute atomic E-state index is 0.00701. The molecule has 0 radical (unpaired) electrons. The summed E-state index contributed by atoms with van der Waals surface area (Å²) >= 11 is 0. The standard InChI is InChI=1S/C17H22N4O4/c1-24-12-16(22)18-10-15-19-13-4-2-3-5-14(13)21(15)11-17(23)20-6-8-25-9-7-20/h2-5H,6-12H2,1H3,(H,18,22). The molecule has 25 heavy (non-hydrogen) atoms. The lowest BCUT2D eigenvalue weighted by Gasteiger charge is -2.27. The van der Waals surface area contributed by atoms with Crippen LogP contribution in [0, 0.1) is 0 Å². The van der Waals surface area contributed by atoms with Crippen LogP contribution in [0.15, 0.2) is 24.3 Å². The number of imidazole rings is 1. The molecule has 8 heteroatoms. The molecule has 1 N–H and O–H groups in total. The Morgan fingerprint density at radius 3 is 2.80 bits per heavy atom. The zero-order chi connectivity index (χ0) is 17.6. The first-order chi connectivity index (χ1) is 12.2. The maximum atomic E-state index is 12.6. The molecule has 0 aliphatic carbocycles. The van der Waals surface area contributed by atoms with Gasteiger partial charge in [-0.15, -0.1) is 0 Å². The average molecular weight is 346 g/mol. The van der Waals surface area contributed by atoms with E-state index < -0.39 is 0 Å². The van der Waals surface area contributed by atoms with Crippen LogP contribution in [-0.4, -0.2) is 66.3 Å². The van der Waals surface area contributed by atoms with Crippen LogP contribution in [0.5, 0.6) is 0 Å². The van der Waals surface area contributed by atoms with Crippen molar-refractivity contribution in [2.75, 3.05) is 40.0 Å². The number of carbonyl (C=O) groups excluding carboxylic acids is 2. The van der Waals surface area contributed by atoms with Crippen molar-refractivity contribution in [3.63, 3.8) is 0 Å². The fraction of sp³-hybridized carbons (Fsp3) is 0.471. The van der Waals surface area contributed by atoms with E-state index in [4.69, 9.17) is 9.47 Å². The number of aromatic nitrogens is 2. The lowest BCUT2D eigenvalue weighted by atomic mass is 10.3. The monoisotopic (exact) mass is 346 g/mol. The second-order valence-corrected chi connectivity index (χ2v) is 5.81. The van der Waals surface area contributed by atoms with Gasteiger partial charge in [0.1, 0.15) is 19.0 Å². The number of amides is 2. The Morgan fingerprint density at radius 2 is 2.04 bits per heavy atom. The molecule has 1 saturated heterocycles. The van der Waals surface area contributed by atoms with E-state index in [2.05, 4.69) is 10.3 Å². The molecular formula is C17H22N4O4. The molecule has 134 valence electrons. The Hall–Kier alpha value is -2.45. The third kappa shape index (κ3) is 4.15. The van der Waals surface area contributed by atoms with Gasteiger partial charge in [-0.05, 0) is 12.1 Å². The Kier molecular flexibility index (Phi) is 5.62. The van der Waals surface area contributed by atoms with Gasteiger partial charge in [0.2, 0.25) is 11.8 Å². The molecule has 2 aromatic rings. The zero-order valence-corrected chi connectivity index (χ0v) is 14.2. The molecular weight excluding hydrogens is 324 g/mol. The van der Waals surface area contributed by atoms with Crippen molar-refractivity contribution >= 4 is 22.8 Å². The number of para-hydroxylation sites is 2. The van der Waals surface area contributed by atoms with Gasteiger partial charge in [0.05, 0.1) is 30.8 Å². The number of rotatable bonds is 6. The minimum Gasteiger partial charge on any atom is -0.378 e. The first-order valence-electron chi connectivity index (χ1n) is 8.24. The molecule has 3 rings (SSSR count). The van der Waals surface area contributed by atoms with Crippen molar-refractivity contribution in [3.05, 3.63) is 30.1 Å². The van der Waals surface area contributed by atoms with E-state index in [0.29, 0.717) is 32.1 Å². The summed E-state index contributed by atoms with van der Waals surface area (Å²) in [5, 5.41) is 2.76. The number of nitrogens with one attached hydrogen (secondary N) is 1. The summed E-state index contributed by atoms with van der Waals surface area (Å²) in [6.45, 7) is 2.76. The third-order valence-corrected chi connectivity index (χ3v) is 4.11. The summed E-state index contributed by atoms with van der Waals surface area (Å²) in [5.41, 5.74) is 1.67. The van der Waals surface area contributed by atoms with Gasteiger partial charge in [-0.25, -0.2) is 4.98 Å². The van der Waals surface area contributed by atoms with E-state index in [1.165, 1.54) is 7.11 Å². The summed E-state index contributed by atoms with van der Waals surface area (Å²) < 4.78 is 12.0. The van der Waals surface area contributed by atoms with Gasteiger partial charge >= 0.3 is 0 Å². The van der Waals surface area contributed by atoms with Gasteiger partial charge in [0, 0.05) is 20.2 Å². The number of benzene rings is 1.